The van der Waals surface area contributed by atoms with Gasteiger partial charge in [-0.15, -0.1) is 0 Å². The van der Waals surface area contributed by atoms with Gasteiger partial charge in [0.2, 0.25) is 0 Å². The second-order valence-electron chi connectivity index (χ2n) is 5.12. The van der Waals surface area contributed by atoms with Crippen LogP contribution in [-0.4, -0.2) is 24.5 Å². The van der Waals surface area contributed by atoms with E-state index in [1.54, 1.807) is 0 Å². The van der Waals surface area contributed by atoms with E-state index in [1.165, 1.54) is 25.8 Å². The fraction of sp³-hybridized carbons (Fsp3) is 1.00. The van der Waals surface area contributed by atoms with Crippen LogP contribution in [0.4, 0.5) is 0 Å². The predicted molar refractivity (Wildman–Crippen MR) is 61.1 cm³/mol. The summed E-state index contributed by atoms with van der Waals surface area (Å²) in [6.07, 6.45) is 3.87. The SMILES string of the molecule is CCCCN(C)C(CC)C(C)(C)C. The van der Waals surface area contributed by atoms with E-state index in [0.717, 1.165) is 6.04 Å². The molecule has 80 valence electrons. The number of nitrogens with zero attached hydrogens (tertiary/aromatic N) is 1. The van der Waals surface area contributed by atoms with Crippen LogP contribution in [0.5, 0.6) is 0 Å². The van der Waals surface area contributed by atoms with Crippen molar-refractivity contribution < 1.29 is 0 Å². The molecule has 0 heterocycles. The summed E-state index contributed by atoms with van der Waals surface area (Å²) < 4.78 is 0. The maximum absolute atomic E-state index is 2.52. The summed E-state index contributed by atoms with van der Waals surface area (Å²) in [5.74, 6) is 0. The van der Waals surface area contributed by atoms with Gasteiger partial charge in [-0.1, -0.05) is 41.0 Å². The van der Waals surface area contributed by atoms with Crippen molar-refractivity contribution in [2.24, 2.45) is 5.41 Å². The van der Waals surface area contributed by atoms with Gasteiger partial charge in [0, 0.05) is 6.04 Å². The number of rotatable bonds is 5. The molecule has 1 heteroatoms. The first-order valence-corrected chi connectivity index (χ1v) is 5.63. The maximum Gasteiger partial charge on any atom is 0.0138 e. The summed E-state index contributed by atoms with van der Waals surface area (Å²) in [6, 6.07) is 0.721. The van der Waals surface area contributed by atoms with Crippen LogP contribution in [0, 0.1) is 5.41 Å². The molecule has 0 saturated heterocycles. The highest BCUT2D eigenvalue weighted by Crippen LogP contribution is 2.25. The average molecular weight is 185 g/mol. The first kappa shape index (κ1) is 13.0. The Morgan fingerprint density at radius 3 is 2.00 bits per heavy atom. The van der Waals surface area contributed by atoms with Gasteiger partial charge < -0.3 is 4.90 Å². The van der Waals surface area contributed by atoms with Crippen molar-refractivity contribution in [3.8, 4) is 0 Å². The van der Waals surface area contributed by atoms with Crippen LogP contribution in [0.1, 0.15) is 53.9 Å². The molecule has 1 nitrogen and oxygen atoms in total. The fourth-order valence-corrected chi connectivity index (χ4v) is 2.15. The van der Waals surface area contributed by atoms with Crippen LogP contribution in [0.15, 0.2) is 0 Å². The summed E-state index contributed by atoms with van der Waals surface area (Å²) in [4.78, 5) is 2.52. The monoisotopic (exact) mass is 185 g/mol. The van der Waals surface area contributed by atoms with Gasteiger partial charge in [0.05, 0.1) is 0 Å². The Hall–Kier alpha value is -0.0400. The second kappa shape index (κ2) is 5.64. The molecule has 0 aliphatic rings. The first-order valence-electron chi connectivity index (χ1n) is 5.63. The van der Waals surface area contributed by atoms with E-state index >= 15 is 0 Å². The molecule has 0 aromatic rings. The van der Waals surface area contributed by atoms with Crippen LogP contribution < -0.4 is 0 Å². The molecule has 0 radical (unpaired) electrons. The van der Waals surface area contributed by atoms with E-state index in [-0.39, 0.29) is 0 Å². The van der Waals surface area contributed by atoms with Gasteiger partial charge in [-0.05, 0) is 31.8 Å². The highest BCUT2D eigenvalue weighted by molar-refractivity contribution is 4.80. The standard InChI is InChI=1S/C12H27N/c1-7-9-10-13(6)11(8-2)12(3,4)5/h11H,7-10H2,1-6H3. The Morgan fingerprint density at radius 2 is 1.69 bits per heavy atom. The Bertz CT molecular complexity index is 124. The molecule has 0 aliphatic carbocycles. The van der Waals surface area contributed by atoms with Crippen LogP contribution >= 0.6 is 0 Å². The zero-order valence-corrected chi connectivity index (χ0v) is 10.4. The van der Waals surface area contributed by atoms with Crippen molar-refractivity contribution in [2.45, 2.75) is 59.9 Å². The largest absolute Gasteiger partial charge is 0.303 e. The van der Waals surface area contributed by atoms with Crippen molar-refractivity contribution in [1.29, 1.82) is 0 Å². The lowest BCUT2D eigenvalue weighted by molar-refractivity contribution is 0.120. The van der Waals surface area contributed by atoms with Gasteiger partial charge >= 0.3 is 0 Å². The molecular weight excluding hydrogens is 158 g/mol. The van der Waals surface area contributed by atoms with Gasteiger partial charge in [-0.3, -0.25) is 0 Å². The third kappa shape index (κ3) is 4.66. The lowest BCUT2D eigenvalue weighted by Gasteiger charge is -2.37. The summed E-state index contributed by atoms with van der Waals surface area (Å²) in [5, 5.41) is 0. The molecule has 13 heavy (non-hydrogen) atoms. The minimum atomic E-state index is 0.414. The first-order chi connectivity index (χ1) is 5.93. The molecular formula is C12H27N. The van der Waals surface area contributed by atoms with Gasteiger partial charge in [-0.25, -0.2) is 0 Å². The van der Waals surface area contributed by atoms with Crippen molar-refractivity contribution in [3.63, 3.8) is 0 Å². The quantitative estimate of drug-likeness (QED) is 0.633. The average Bonchev–Trinajstić information content (AvgIpc) is 1.99. The molecule has 0 rings (SSSR count). The number of hydrogen-bond acceptors (Lipinski definition) is 1. The number of unbranched alkanes of at least 4 members (excludes halogenated alkanes) is 1. The van der Waals surface area contributed by atoms with Crippen LogP contribution in [0.2, 0.25) is 0 Å². The lowest BCUT2D eigenvalue weighted by Crippen LogP contribution is -2.41. The second-order valence-corrected chi connectivity index (χ2v) is 5.12. The molecule has 0 bridgehead atoms. The van der Waals surface area contributed by atoms with E-state index in [4.69, 9.17) is 0 Å². The summed E-state index contributed by atoms with van der Waals surface area (Å²) in [6.45, 7) is 12.8. The normalized spacial score (nSPS) is 15.0. The van der Waals surface area contributed by atoms with Crippen molar-refractivity contribution >= 4 is 0 Å². The third-order valence-electron chi connectivity index (χ3n) is 2.78. The van der Waals surface area contributed by atoms with Gasteiger partial charge in [-0.2, -0.15) is 0 Å². The van der Waals surface area contributed by atoms with Crippen LogP contribution in [0.3, 0.4) is 0 Å². The summed E-state index contributed by atoms with van der Waals surface area (Å²) in [5.41, 5.74) is 0.414. The zero-order valence-electron chi connectivity index (χ0n) is 10.4. The molecule has 0 aliphatic heterocycles. The Kier molecular flexibility index (Phi) is 5.62. The molecule has 0 aromatic carbocycles. The Morgan fingerprint density at radius 1 is 1.15 bits per heavy atom. The van der Waals surface area contributed by atoms with E-state index in [0.29, 0.717) is 5.41 Å². The fourth-order valence-electron chi connectivity index (χ4n) is 2.15. The van der Waals surface area contributed by atoms with Gasteiger partial charge in [0.1, 0.15) is 0 Å². The van der Waals surface area contributed by atoms with Crippen molar-refractivity contribution in [3.05, 3.63) is 0 Å². The molecule has 0 amide bonds. The Balaban J connectivity index is 4.07. The third-order valence-corrected chi connectivity index (χ3v) is 2.78. The van der Waals surface area contributed by atoms with E-state index < -0.39 is 0 Å². The zero-order chi connectivity index (χ0) is 10.5. The molecule has 0 saturated carbocycles. The molecule has 0 N–H and O–H groups in total. The summed E-state index contributed by atoms with van der Waals surface area (Å²) >= 11 is 0. The summed E-state index contributed by atoms with van der Waals surface area (Å²) in [7, 11) is 2.26. The van der Waals surface area contributed by atoms with Gasteiger partial charge in [0.25, 0.3) is 0 Å². The molecule has 1 unspecified atom stereocenters. The molecule has 0 aromatic heterocycles. The van der Waals surface area contributed by atoms with Crippen LogP contribution in [0.25, 0.3) is 0 Å². The highest BCUT2D eigenvalue weighted by Gasteiger charge is 2.25. The van der Waals surface area contributed by atoms with E-state index in [9.17, 15) is 0 Å². The van der Waals surface area contributed by atoms with Crippen LogP contribution in [-0.2, 0) is 0 Å². The Labute approximate surface area is 84.5 Å². The van der Waals surface area contributed by atoms with E-state index in [1.807, 2.05) is 0 Å². The minimum absolute atomic E-state index is 0.414. The maximum atomic E-state index is 2.52. The number of hydrogen-bond donors (Lipinski definition) is 0. The minimum Gasteiger partial charge on any atom is -0.303 e. The highest BCUT2D eigenvalue weighted by atomic mass is 15.1. The van der Waals surface area contributed by atoms with Crippen molar-refractivity contribution in [2.75, 3.05) is 13.6 Å². The van der Waals surface area contributed by atoms with Crippen molar-refractivity contribution in [1.82, 2.24) is 4.90 Å². The topological polar surface area (TPSA) is 3.24 Å². The molecule has 1 atom stereocenters. The lowest BCUT2D eigenvalue weighted by atomic mass is 9.84. The molecule has 0 spiro atoms. The van der Waals surface area contributed by atoms with Gasteiger partial charge in [0.15, 0.2) is 0 Å². The molecule has 0 fully saturated rings. The van der Waals surface area contributed by atoms with E-state index in [2.05, 4.69) is 46.6 Å². The smallest absolute Gasteiger partial charge is 0.0138 e. The predicted octanol–water partition coefficient (Wildman–Crippen LogP) is 3.54.